The fourth-order valence-electron chi connectivity index (χ4n) is 3.05. The van der Waals surface area contributed by atoms with Gasteiger partial charge in [0.25, 0.3) is 5.69 Å². The van der Waals surface area contributed by atoms with Crippen LogP contribution in [0.25, 0.3) is 5.69 Å². The number of aryl methyl sites for hydroxylation is 2. The molecule has 3 rings (SSSR count). The van der Waals surface area contributed by atoms with Crippen molar-refractivity contribution in [2.45, 2.75) is 27.2 Å². The molecule has 1 N–H and O–H groups in total. The monoisotopic (exact) mass is 363 g/mol. The number of nitrogens with one attached hydrogen (secondary N) is 1. The number of aromatic nitrogens is 2. The van der Waals surface area contributed by atoms with E-state index in [1.165, 1.54) is 29.6 Å². The first-order chi connectivity index (χ1) is 13.0. The lowest BCUT2D eigenvalue weighted by molar-refractivity contribution is -0.385. The van der Waals surface area contributed by atoms with E-state index >= 15 is 0 Å². The van der Waals surface area contributed by atoms with Gasteiger partial charge in [-0.1, -0.05) is 25.1 Å². The highest BCUT2D eigenvalue weighted by atomic mass is 16.6. The van der Waals surface area contributed by atoms with Gasteiger partial charge in [0.05, 0.1) is 11.1 Å². The van der Waals surface area contributed by atoms with E-state index in [-0.39, 0.29) is 5.69 Å². The number of hydrogen-bond donors (Lipinski definition) is 1. The summed E-state index contributed by atoms with van der Waals surface area (Å²) in [4.78, 5) is 14.2. The Hall–Kier alpha value is -3.48. The van der Waals surface area contributed by atoms with Crippen molar-refractivity contribution in [1.29, 1.82) is 0 Å². The van der Waals surface area contributed by atoms with Crippen LogP contribution in [0.4, 0.5) is 11.5 Å². The number of pyridine rings is 1. The van der Waals surface area contributed by atoms with Gasteiger partial charge >= 0.3 is 0 Å². The molecule has 0 radical (unpaired) electrons. The van der Waals surface area contributed by atoms with Gasteiger partial charge in [-0.25, -0.2) is 4.98 Å². The van der Waals surface area contributed by atoms with Gasteiger partial charge in [-0.2, -0.15) is 5.10 Å². The van der Waals surface area contributed by atoms with Crippen LogP contribution in [0.15, 0.2) is 53.8 Å². The van der Waals surface area contributed by atoms with E-state index in [0.29, 0.717) is 5.82 Å². The Balaban J connectivity index is 1.82. The number of para-hydroxylation sites is 1. The summed E-state index contributed by atoms with van der Waals surface area (Å²) in [5.74, 6) is 0.446. The van der Waals surface area contributed by atoms with Gasteiger partial charge in [0.1, 0.15) is 12.0 Å². The number of hydrogen-bond acceptors (Lipinski definition) is 5. The Bertz CT molecular complexity index is 990. The maximum atomic E-state index is 10.7. The molecule has 0 spiro atoms. The molecule has 0 fully saturated rings. The molecule has 7 heteroatoms. The fraction of sp³-hybridized carbons (Fsp3) is 0.200. The molecular weight excluding hydrogens is 342 g/mol. The number of nitrogens with zero attached hydrogens (tertiary/aromatic N) is 4. The van der Waals surface area contributed by atoms with Crippen molar-refractivity contribution in [3.05, 3.63) is 81.3 Å². The van der Waals surface area contributed by atoms with Crippen molar-refractivity contribution in [2.24, 2.45) is 5.10 Å². The topological polar surface area (TPSA) is 85.3 Å². The molecule has 0 saturated heterocycles. The molecule has 1 aromatic carbocycles. The van der Waals surface area contributed by atoms with E-state index in [0.717, 1.165) is 23.4 Å². The quantitative estimate of drug-likeness (QED) is 0.399. The van der Waals surface area contributed by atoms with Crippen LogP contribution in [0.5, 0.6) is 0 Å². The standard InChI is InChI=1S/C20H21N5O2/c1-4-16-7-5-6-8-19(16)24-14(2)11-17(15(24)3)12-22-23-20-10-9-18(13-21-20)25(26)27/h5-13H,4H2,1-3H3,(H,21,23)/b22-12+. The van der Waals surface area contributed by atoms with Crippen molar-refractivity contribution in [3.8, 4) is 5.69 Å². The van der Waals surface area contributed by atoms with Crippen LogP contribution in [0.3, 0.4) is 0 Å². The highest BCUT2D eigenvalue weighted by Crippen LogP contribution is 2.23. The minimum atomic E-state index is -0.483. The predicted octanol–water partition coefficient (Wildman–Crippen LogP) is 4.41. The number of anilines is 1. The third kappa shape index (κ3) is 3.87. The minimum Gasteiger partial charge on any atom is -0.318 e. The number of nitro groups is 1. The number of hydrazone groups is 1. The smallest absolute Gasteiger partial charge is 0.287 e. The van der Waals surface area contributed by atoms with E-state index in [9.17, 15) is 10.1 Å². The van der Waals surface area contributed by atoms with Gasteiger partial charge in [0.15, 0.2) is 0 Å². The Morgan fingerprint density at radius 2 is 2.04 bits per heavy atom. The molecule has 0 bridgehead atoms. The molecule has 0 unspecified atom stereocenters. The highest BCUT2D eigenvalue weighted by Gasteiger charge is 2.11. The summed E-state index contributed by atoms with van der Waals surface area (Å²) in [5.41, 5.74) is 8.43. The minimum absolute atomic E-state index is 0.0531. The van der Waals surface area contributed by atoms with E-state index in [1.807, 2.05) is 6.07 Å². The van der Waals surface area contributed by atoms with Crippen LogP contribution in [0, 0.1) is 24.0 Å². The first-order valence-corrected chi connectivity index (χ1v) is 8.68. The van der Waals surface area contributed by atoms with Gasteiger partial charge in [0, 0.05) is 28.7 Å². The maximum Gasteiger partial charge on any atom is 0.287 e. The molecule has 2 aromatic heterocycles. The SMILES string of the molecule is CCc1ccccc1-n1c(C)cc(/C=N/Nc2ccc([N+](=O)[O-])cn2)c1C. The Labute approximate surface area is 157 Å². The Morgan fingerprint density at radius 3 is 2.70 bits per heavy atom. The summed E-state index contributed by atoms with van der Waals surface area (Å²) < 4.78 is 2.23. The lowest BCUT2D eigenvalue weighted by Gasteiger charge is -2.13. The van der Waals surface area contributed by atoms with Gasteiger partial charge in [-0.15, -0.1) is 0 Å². The predicted molar refractivity (Wildman–Crippen MR) is 107 cm³/mol. The summed E-state index contributed by atoms with van der Waals surface area (Å²) in [5, 5.41) is 14.9. The third-order valence-corrected chi connectivity index (χ3v) is 4.43. The lowest BCUT2D eigenvalue weighted by Crippen LogP contribution is -2.03. The summed E-state index contributed by atoms with van der Waals surface area (Å²) in [6.07, 6.45) is 3.89. The number of rotatable bonds is 6. The van der Waals surface area contributed by atoms with Crippen LogP contribution in [-0.4, -0.2) is 20.7 Å². The molecule has 138 valence electrons. The van der Waals surface area contributed by atoms with E-state index in [2.05, 4.69) is 65.1 Å². The van der Waals surface area contributed by atoms with Crippen LogP contribution in [0.1, 0.15) is 29.4 Å². The molecule has 0 aliphatic heterocycles. The first-order valence-electron chi connectivity index (χ1n) is 8.68. The molecular formula is C20H21N5O2. The van der Waals surface area contributed by atoms with Crippen molar-refractivity contribution >= 4 is 17.7 Å². The average Bonchev–Trinajstić information content (AvgIpc) is 2.95. The average molecular weight is 363 g/mol. The van der Waals surface area contributed by atoms with Crippen LogP contribution < -0.4 is 5.43 Å². The molecule has 0 aliphatic rings. The van der Waals surface area contributed by atoms with Crippen LogP contribution in [0.2, 0.25) is 0 Å². The third-order valence-electron chi connectivity index (χ3n) is 4.43. The fourth-order valence-corrected chi connectivity index (χ4v) is 3.05. The molecule has 2 heterocycles. The van der Waals surface area contributed by atoms with E-state index in [1.54, 1.807) is 6.21 Å². The van der Waals surface area contributed by atoms with E-state index < -0.39 is 4.92 Å². The molecule has 27 heavy (non-hydrogen) atoms. The zero-order chi connectivity index (χ0) is 19.4. The Kier molecular flexibility index (Phi) is 5.30. The second-order valence-corrected chi connectivity index (χ2v) is 6.17. The molecule has 7 nitrogen and oxygen atoms in total. The van der Waals surface area contributed by atoms with Gasteiger partial charge in [-0.3, -0.25) is 15.5 Å². The van der Waals surface area contributed by atoms with E-state index in [4.69, 9.17) is 0 Å². The highest BCUT2D eigenvalue weighted by molar-refractivity contribution is 5.82. The molecule has 0 saturated carbocycles. The van der Waals surface area contributed by atoms with Gasteiger partial charge < -0.3 is 4.57 Å². The molecule has 0 atom stereocenters. The normalized spacial score (nSPS) is 11.1. The second kappa shape index (κ2) is 7.82. The maximum absolute atomic E-state index is 10.7. The van der Waals surface area contributed by atoms with Crippen molar-refractivity contribution in [2.75, 3.05) is 5.43 Å². The van der Waals surface area contributed by atoms with Crippen LogP contribution >= 0.6 is 0 Å². The lowest BCUT2D eigenvalue weighted by atomic mass is 10.1. The largest absolute Gasteiger partial charge is 0.318 e. The zero-order valence-corrected chi connectivity index (χ0v) is 15.5. The van der Waals surface area contributed by atoms with Crippen molar-refractivity contribution in [3.63, 3.8) is 0 Å². The summed E-state index contributed by atoms with van der Waals surface area (Å²) in [7, 11) is 0. The van der Waals surface area contributed by atoms with Gasteiger partial charge in [0.2, 0.25) is 0 Å². The molecule has 0 aliphatic carbocycles. The molecule has 3 aromatic rings. The van der Waals surface area contributed by atoms with Crippen LogP contribution in [-0.2, 0) is 6.42 Å². The Morgan fingerprint density at radius 1 is 1.26 bits per heavy atom. The second-order valence-electron chi connectivity index (χ2n) is 6.17. The zero-order valence-electron chi connectivity index (χ0n) is 15.5. The van der Waals surface area contributed by atoms with Gasteiger partial charge in [-0.05, 0) is 44.0 Å². The summed E-state index contributed by atoms with van der Waals surface area (Å²) in [6, 6.07) is 13.4. The molecule has 0 amide bonds. The summed E-state index contributed by atoms with van der Waals surface area (Å²) in [6.45, 7) is 6.28. The van der Waals surface area contributed by atoms with Crippen molar-refractivity contribution in [1.82, 2.24) is 9.55 Å². The number of benzene rings is 1. The first kappa shape index (κ1) is 18.3. The summed E-state index contributed by atoms with van der Waals surface area (Å²) >= 11 is 0. The van der Waals surface area contributed by atoms with Crippen molar-refractivity contribution < 1.29 is 4.92 Å².